The van der Waals surface area contributed by atoms with E-state index in [-0.39, 0.29) is 10.9 Å². The Morgan fingerprint density at radius 2 is 2.33 bits per heavy atom. The second kappa shape index (κ2) is 5.55. The van der Waals surface area contributed by atoms with E-state index >= 15 is 0 Å². The normalized spacial score (nSPS) is 28.3. The summed E-state index contributed by atoms with van der Waals surface area (Å²) >= 11 is 5.78. The summed E-state index contributed by atoms with van der Waals surface area (Å²) in [4.78, 5) is 0. The van der Waals surface area contributed by atoms with Crippen LogP contribution >= 0.6 is 11.6 Å². The van der Waals surface area contributed by atoms with Crippen molar-refractivity contribution in [1.29, 1.82) is 0 Å². The van der Waals surface area contributed by atoms with Gasteiger partial charge in [-0.1, -0.05) is 24.6 Å². The lowest BCUT2D eigenvalue weighted by atomic mass is 9.76. The molecule has 1 heterocycles. The summed E-state index contributed by atoms with van der Waals surface area (Å²) in [7, 11) is 0. The van der Waals surface area contributed by atoms with Crippen LogP contribution in [0.1, 0.15) is 25.3 Å². The van der Waals surface area contributed by atoms with Gasteiger partial charge in [-0.05, 0) is 37.1 Å². The number of rotatable bonds is 3. The molecule has 0 radical (unpaired) electrons. The van der Waals surface area contributed by atoms with Crippen molar-refractivity contribution in [3.05, 3.63) is 34.6 Å². The van der Waals surface area contributed by atoms with E-state index in [0.717, 1.165) is 31.5 Å². The lowest BCUT2D eigenvalue weighted by Crippen LogP contribution is -2.51. The summed E-state index contributed by atoms with van der Waals surface area (Å²) in [5, 5.41) is 14.2. The maximum atomic E-state index is 13.1. The predicted molar refractivity (Wildman–Crippen MR) is 71.3 cm³/mol. The average Bonchev–Trinajstić information content (AvgIpc) is 2.34. The molecule has 1 aliphatic rings. The van der Waals surface area contributed by atoms with Crippen molar-refractivity contribution < 1.29 is 9.50 Å². The Bertz CT molecular complexity index is 426. The molecule has 100 valence electrons. The van der Waals surface area contributed by atoms with Gasteiger partial charge in [-0.3, -0.25) is 0 Å². The summed E-state index contributed by atoms with van der Waals surface area (Å²) in [5.41, 5.74) is 0.186. The van der Waals surface area contributed by atoms with Crippen LogP contribution in [0.5, 0.6) is 0 Å². The first kappa shape index (κ1) is 13.8. The van der Waals surface area contributed by atoms with E-state index in [1.54, 1.807) is 12.1 Å². The molecule has 18 heavy (non-hydrogen) atoms. The molecule has 2 rings (SSSR count). The van der Waals surface area contributed by atoms with Gasteiger partial charge in [-0.25, -0.2) is 4.39 Å². The second-order valence-corrected chi connectivity index (χ2v) is 5.50. The summed E-state index contributed by atoms with van der Waals surface area (Å²) in [6.45, 7) is 3.74. The van der Waals surface area contributed by atoms with E-state index in [1.807, 2.05) is 0 Å². The van der Waals surface area contributed by atoms with Gasteiger partial charge in [0.2, 0.25) is 0 Å². The molecule has 4 heteroatoms. The summed E-state index contributed by atoms with van der Waals surface area (Å²) < 4.78 is 13.1. The van der Waals surface area contributed by atoms with E-state index in [2.05, 4.69) is 12.2 Å². The van der Waals surface area contributed by atoms with Crippen LogP contribution in [0.15, 0.2) is 18.2 Å². The molecule has 0 bridgehead atoms. The first-order valence-corrected chi connectivity index (χ1v) is 6.80. The van der Waals surface area contributed by atoms with Crippen LogP contribution in [0.3, 0.4) is 0 Å². The number of nitrogens with one attached hydrogen (secondary N) is 1. The first-order chi connectivity index (χ1) is 8.55. The van der Waals surface area contributed by atoms with Crippen LogP contribution in [0.2, 0.25) is 5.02 Å². The van der Waals surface area contributed by atoms with Gasteiger partial charge in [0.05, 0.1) is 10.6 Å². The van der Waals surface area contributed by atoms with E-state index in [9.17, 15) is 9.50 Å². The van der Waals surface area contributed by atoms with Crippen LogP contribution in [-0.2, 0) is 6.42 Å². The molecule has 0 spiro atoms. The van der Waals surface area contributed by atoms with Crippen molar-refractivity contribution in [2.75, 3.05) is 13.1 Å². The summed E-state index contributed by atoms with van der Waals surface area (Å²) in [6, 6.07) is 4.68. The molecule has 0 aliphatic carbocycles. The minimum Gasteiger partial charge on any atom is -0.389 e. The lowest BCUT2D eigenvalue weighted by molar-refractivity contribution is -0.0414. The van der Waals surface area contributed by atoms with Crippen molar-refractivity contribution in [1.82, 2.24) is 5.32 Å². The van der Waals surface area contributed by atoms with Gasteiger partial charge >= 0.3 is 0 Å². The molecule has 2 atom stereocenters. The highest BCUT2D eigenvalue weighted by atomic mass is 35.5. The Morgan fingerprint density at radius 1 is 1.56 bits per heavy atom. The highest BCUT2D eigenvalue weighted by Crippen LogP contribution is 2.31. The molecule has 2 N–H and O–H groups in total. The molecule has 0 aromatic heterocycles. The summed E-state index contributed by atoms with van der Waals surface area (Å²) in [5.74, 6) is -0.181. The smallest absolute Gasteiger partial charge is 0.141 e. The fourth-order valence-electron chi connectivity index (χ4n) is 2.74. The highest BCUT2D eigenvalue weighted by Gasteiger charge is 2.37. The van der Waals surface area contributed by atoms with Crippen molar-refractivity contribution in [2.24, 2.45) is 5.92 Å². The van der Waals surface area contributed by atoms with Gasteiger partial charge in [0, 0.05) is 18.9 Å². The van der Waals surface area contributed by atoms with Crippen molar-refractivity contribution >= 4 is 11.6 Å². The average molecular weight is 272 g/mol. The molecule has 0 amide bonds. The second-order valence-electron chi connectivity index (χ2n) is 5.09. The Morgan fingerprint density at radius 3 is 3.00 bits per heavy atom. The van der Waals surface area contributed by atoms with Crippen LogP contribution in [-0.4, -0.2) is 23.8 Å². The third kappa shape index (κ3) is 2.85. The van der Waals surface area contributed by atoms with Crippen molar-refractivity contribution in [2.45, 2.75) is 31.8 Å². The van der Waals surface area contributed by atoms with E-state index < -0.39 is 11.4 Å². The molecule has 1 fully saturated rings. The highest BCUT2D eigenvalue weighted by molar-refractivity contribution is 6.30. The quantitative estimate of drug-likeness (QED) is 0.886. The largest absolute Gasteiger partial charge is 0.389 e. The SMILES string of the molecule is CCC1CNCCC1(O)Cc1ccc(F)c(Cl)c1. The Balaban J connectivity index is 2.17. The summed E-state index contributed by atoms with van der Waals surface area (Å²) in [6.07, 6.45) is 2.19. The molecule has 2 unspecified atom stereocenters. The molecular weight excluding hydrogens is 253 g/mol. The molecule has 1 aromatic rings. The Hall–Kier alpha value is -0.640. The van der Waals surface area contributed by atoms with Gasteiger partial charge < -0.3 is 10.4 Å². The number of hydrogen-bond acceptors (Lipinski definition) is 2. The molecule has 0 saturated carbocycles. The third-order valence-electron chi connectivity index (χ3n) is 3.87. The van der Waals surface area contributed by atoms with E-state index in [4.69, 9.17) is 11.6 Å². The zero-order chi connectivity index (χ0) is 13.2. The number of hydrogen-bond donors (Lipinski definition) is 2. The standard InChI is InChI=1S/C14H19ClFNO/c1-2-11-9-17-6-5-14(11,18)8-10-3-4-13(16)12(15)7-10/h3-4,7,11,17-18H,2,5-6,8-9H2,1H3. The van der Waals surface area contributed by atoms with E-state index in [0.29, 0.717) is 6.42 Å². The zero-order valence-electron chi connectivity index (χ0n) is 10.5. The lowest BCUT2D eigenvalue weighted by Gasteiger charge is -2.40. The number of halogens is 2. The van der Waals surface area contributed by atoms with E-state index in [1.165, 1.54) is 6.07 Å². The minimum absolute atomic E-state index is 0.123. The van der Waals surface area contributed by atoms with Gasteiger partial charge in [0.25, 0.3) is 0 Å². The maximum absolute atomic E-state index is 13.1. The molecule has 1 aromatic carbocycles. The maximum Gasteiger partial charge on any atom is 0.141 e. The molecule has 2 nitrogen and oxygen atoms in total. The van der Waals surface area contributed by atoms with Crippen LogP contribution < -0.4 is 5.32 Å². The monoisotopic (exact) mass is 271 g/mol. The van der Waals surface area contributed by atoms with Crippen LogP contribution in [0.25, 0.3) is 0 Å². The van der Waals surface area contributed by atoms with Crippen molar-refractivity contribution in [3.63, 3.8) is 0 Å². The van der Waals surface area contributed by atoms with Crippen LogP contribution in [0.4, 0.5) is 4.39 Å². The predicted octanol–water partition coefficient (Wildman–Crippen LogP) is 2.77. The Kier molecular flexibility index (Phi) is 4.25. The zero-order valence-corrected chi connectivity index (χ0v) is 11.3. The van der Waals surface area contributed by atoms with Crippen molar-refractivity contribution in [3.8, 4) is 0 Å². The van der Waals surface area contributed by atoms with Gasteiger partial charge in [-0.2, -0.15) is 0 Å². The molecule has 1 aliphatic heterocycles. The molecular formula is C14H19ClFNO. The van der Waals surface area contributed by atoms with Gasteiger partial charge in [0.1, 0.15) is 5.82 Å². The van der Waals surface area contributed by atoms with Gasteiger partial charge in [-0.15, -0.1) is 0 Å². The fraction of sp³-hybridized carbons (Fsp3) is 0.571. The fourth-order valence-corrected chi connectivity index (χ4v) is 2.94. The topological polar surface area (TPSA) is 32.3 Å². The van der Waals surface area contributed by atoms with Gasteiger partial charge in [0.15, 0.2) is 0 Å². The number of aliphatic hydroxyl groups is 1. The molecule has 1 saturated heterocycles. The number of benzene rings is 1. The first-order valence-electron chi connectivity index (χ1n) is 6.42. The number of piperidine rings is 1. The third-order valence-corrected chi connectivity index (χ3v) is 4.16. The minimum atomic E-state index is -0.707. The Labute approximate surface area is 112 Å². The van der Waals surface area contributed by atoms with Crippen LogP contribution in [0, 0.1) is 11.7 Å².